The number of aryl methyl sites for hydroxylation is 2. The second-order valence-corrected chi connectivity index (χ2v) is 6.68. The summed E-state index contributed by atoms with van der Waals surface area (Å²) in [6.07, 6.45) is 7.53. The highest BCUT2D eigenvalue weighted by Gasteiger charge is 2.16. The molecule has 1 amide bonds. The maximum Gasteiger partial charge on any atom is 0.253 e. The highest BCUT2D eigenvalue weighted by Crippen LogP contribution is 2.21. The van der Waals surface area contributed by atoms with E-state index in [9.17, 15) is 4.79 Å². The number of anilines is 2. The van der Waals surface area contributed by atoms with E-state index < -0.39 is 0 Å². The Balaban J connectivity index is 1.64. The van der Waals surface area contributed by atoms with E-state index in [1.54, 1.807) is 6.20 Å². The van der Waals surface area contributed by atoms with Crippen LogP contribution in [0.15, 0.2) is 36.5 Å². The molecule has 1 aromatic carbocycles. The highest BCUT2D eigenvalue weighted by atomic mass is 16.1. The van der Waals surface area contributed by atoms with Gasteiger partial charge >= 0.3 is 0 Å². The Morgan fingerprint density at radius 3 is 2.58 bits per heavy atom. The Labute approximate surface area is 143 Å². The molecule has 1 aromatic heterocycles. The van der Waals surface area contributed by atoms with Crippen LogP contribution in [-0.4, -0.2) is 16.9 Å². The molecule has 0 spiro atoms. The Kier molecular flexibility index (Phi) is 5.14. The quantitative estimate of drug-likeness (QED) is 0.870. The lowest BCUT2D eigenvalue weighted by Crippen LogP contribution is -2.36. The third-order valence-corrected chi connectivity index (χ3v) is 4.62. The summed E-state index contributed by atoms with van der Waals surface area (Å²) < 4.78 is 0. The maximum atomic E-state index is 12.3. The molecule has 3 rings (SSSR count). The fraction of sp³-hybridized carbons (Fsp3) is 0.400. The predicted octanol–water partition coefficient (Wildman–Crippen LogP) is 4.50. The lowest BCUT2D eigenvalue weighted by molar-refractivity contribution is 0.0927. The molecule has 1 fully saturated rings. The normalized spacial score (nSPS) is 15.1. The van der Waals surface area contributed by atoms with E-state index in [1.165, 1.54) is 30.4 Å². The van der Waals surface area contributed by atoms with E-state index >= 15 is 0 Å². The summed E-state index contributed by atoms with van der Waals surface area (Å²) in [6.45, 7) is 4.13. The first kappa shape index (κ1) is 16.5. The van der Waals surface area contributed by atoms with Crippen molar-refractivity contribution in [3.8, 4) is 0 Å². The second kappa shape index (κ2) is 7.47. The number of benzene rings is 1. The Bertz CT molecular complexity index is 703. The number of nitrogens with one attached hydrogen (secondary N) is 2. The molecule has 126 valence electrons. The van der Waals surface area contributed by atoms with Gasteiger partial charge in [0.05, 0.1) is 5.56 Å². The Morgan fingerprint density at radius 1 is 1.08 bits per heavy atom. The topological polar surface area (TPSA) is 54.0 Å². The summed E-state index contributed by atoms with van der Waals surface area (Å²) in [4.78, 5) is 16.7. The zero-order chi connectivity index (χ0) is 16.9. The fourth-order valence-electron chi connectivity index (χ4n) is 3.13. The third kappa shape index (κ3) is 4.13. The first-order valence-corrected chi connectivity index (χ1v) is 8.73. The van der Waals surface area contributed by atoms with Gasteiger partial charge in [0.2, 0.25) is 0 Å². The van der Waals surface area contributed by atoms with Gasteiger partial charge in [0.25, 0.3) is 5.91 Å². The van der Waals surface area contributed by atoms with Crippen LogP contribution in [0.1, 0.15) is 53.6 Å². The van der Waals surface area contributed by atoms with Gasteiger partial charge in [-0.05, 0) is 56.0 Å². The smallest absolute Gasteiger partial charge is 0.253 e. The van der Waals surface area contributed by atoms with Gasteiger partial charge in [-0.3, -0.25) is 4.79 Å². The van der Waals surface area contributed by atoms with Crippen LogP contribution in [0, 0.1) is 13.8 Å². The second-order valence-electron chi connectivity index (χ2n) is 6.68. The molecule has 4 nitrogen and oxygen atoms in total. The van der Waals surface area contributed by atoms with Gasteiger partial charge in [-0.2, -0.15) is 0 Å². The van der Waals surface area contributed by atoms with Crippen LogP contribution in [0.2, 0.25) is 0 Å². The third-order valence-electron chi connectivity index (χ3n) is 4.62. The number of carbonyl (C=O) groups excluding carboxylic acids is 1. The number of aromatic nitrogens is 1. The van der Waals surface area contributed by atoms with Crippen molar-refractivity contribution >= 4 is 17.4 Å². The minimum absolute atomic E-state index is 0.0207. The average molecular weight is 323 g/mol. The molecule has 1 heterocycles. The van der Waals surface area contributed by atoms with E-state index in [0.717, 1.165) is 24.3 Å². The van der Waals surface area contributed by atoms with Gasteiger partial charge in [0, 0.05) is 17.9 Å². The Hall–Kier alpha value is -2.36. The molecule has 0 atom stereocenters. The zero-order valence-corrected chi connectivity index (χ0v) is 14.4. The van der Waals surface area contributed by atoms with Crippen LogP contribution < -0.4 is 10.6 Å². The van der Waals surface area contributed by atoms with Crippen molar-refractivity contribution in [2.75, 3.05) is 5.32 Å². The number of hydrogen-bond donors (Lipinski definition) is 2. The summed E-state index contributed by atoms with van der Waals surface area (Å²) >= 11 is 0. The number of carbonyl (C=O) groups is 1. The largest absolute Gasteiger partial charge is 0.349 e. The number of hydrogen-bond acceptors (Lipinski definition) is 3. The van der Waals surface area contributed by atoms with Crippen LogP contribution in [0.3, 0.4) is 0 Å². The van der Waals surface area contributed by atoms with Crippen LogP contribution in [0.25, 0.3) is 0 Å². The molecule has 0 saturated heterocycles. The minimum atomic E-state index is -0.0207. The molecule has 0 radical (unpaired) electrons. The number of rotatable bonds is 4. The molecule has 2 aromatic rings. The van der Waals surface area contributed by atoms with E-state index in [4.69, 9.17) is 0 Å². The number of pyridine rings is 1. The molecule has 1 aliphatic rings. The monoisotopic (exact) mass is 323 g/mol. The molecule has 0 unspecified atom stereocenters. The maximum absolute atomic E-state index is 12.3. The molecule has 2 N–H and O–H groups in total. The molecule has 0 bridgehead atoms. The first-order valence-electron chi connectivity index (χ1n) is 8.73. The van der Waals surface area contributed by atoms with Crippen LogP contribution in [0.5, 0.6) is 0 Å². The van der Waals surface area contributed by atoms with Crippen molar-refractivity contribution in [1.29, 1.82) is 0 Å². The van der Waals surface area contributed by atoms with E-state index in [0.29, 0.717) is 11.6 Å². The van der Waals surface area contributed by atoms with Crippen molar-refractivity contribution in [1.82, 2.24) is 10.3 Å². The average Bonchev–Trinajstić information content (AvgIpc) is 2.60. The van der Waals surface area contributed by atoms with Gasteiger partial charge in [-0.25, -0.2) is 4.98 Å². The van der Waals surface area contributed by atoms with Crippen LogP contribution >= 0.6 is 0 Å². The molecule has 0 aliphatic heterocycles. The summed E-state index contributed by atoms with van der Waals surface area (Å²) in [5.41, 5.74) is 4.03. The molecular formula is C20H25N3O. The van der Waals surface area contributed by atoms with Crippen molar-refractivity contribution in [3.63, 3.8) is 0 Å². The van der Waals surface area contributed by atoms with Gasteiger partial charge < -0.3 is 10.6 Å². The molecule has 24 heavy (non-hydrogen) atoms. The molecule has 4 heteroatoms. The fourth-order valence-corrected chi connectivity index (χ4v) is 3.13. The lowest BCUT2D eigenvalue weighted by Gasteiger charge is -2.22. The SMILES string of the molecule is Cc1ccc(C)c(Nc2ccc(C(=O)NC3CCCCC3)cn2)c1. The Morgan fingerprint density at radius 2 is 1.88 bits per heavy atom. The summed E-state index contributed by atoms with van der Waals surface area (Å²) in [5, 5.41) is 6.44. The number of amides is 1. The van der Waals surface area contributed by atoms with Crippen molar-refractivity contribution in [3.05, 3.63) is 53.2 Å². The molecule has 1 aliphatic carbocycles. The van der Waals surface area contributed by atoms with Gasteiger partial charge in [0.15, 0.2) is 0 Å². The minimum Gasteiger partial charge on any atom is -0.349 e. The molecular weight excluding hydrogens is 298 g/mol. The highest BCUT2D eigenvalue weighted by molar-refractivity contribution is 5.94. The van der Waals surface area contributed by atoms with Crippen LogP contribution in [0.4, 0.5) is 11.5 Å². The van der Waals surface area contributed by atoms with E-state index in [-0.39, 0.29) is 5.91 Å². The van der Waals surface area contributed by atoms with E-state index in [1.807, 2.05) is 12.1 Å². The van der Waals surface area contributed by atoms with Gasteiger partial charge in [-0.1, -0.05) is 31.4 Å². The predicted molar refractivity (Wildman–Crippen MR) is 97.8 cm³/mol. The standard InChI is InChI=1S/C20H25N3O/c1-14-8-9-15(2)18(12-14)23-19-11-10-16(13-21-19)20(24)22-17-6-4-3-5-7-17/h8-13,17H,3-7H2,1-2H3,(H,21,23)(H,22,24). The summed E-state index contributed by atoms with van der Waals surface area (Å²) in [7, 11) is 0. The lowest BCUT2D eigenvalue weighted by atomic mass is 9.95. The molecule has 1 saturated carbocycles. The summed E-state index contributed by atoms with van der Waals surface area (Å²) in [5.74, 6) is 0.727. The van der Waals surface area contributed by atoms with Crippen molar-refractivity contribution in [2.24, 2.45) is 0 Å². The van der Waals surface area contributed by atoms with Crippen molar-refractivity contribution < 1.29 is 4.79 Å². The van der Waals surface area contributed by atoms with Crippen molar-refractivity contribution in [2.45, 2.75) is 52.0 Å². The zero-order valence-electron chi connectivity index (χ0n) is 14.4. The first-order chi connectivity index (χ1) is 11.6. The number of nitrogens with zero attached hydrogens (tertiary/aromatic N) is 1. The van der Waals surface area contributed by atoms with Gasteiger partial charge in [-0.15, -0.1) is 0 Å². The van der Waals surface area contributed by atoms with E-state index in [2.05, 4.69) is 47.7 Å². The summed E-state index contributed by atoms with van der Waals surface area (Å²) in [6, 6.07) is 10.3. The van der Waals surface area contributed by atoms with Crippen LogP contribution in [-0.2, 0) is 0 Å². The van der Waals surface area contributed by atoms with Gasteiger partial charge in [0.1, 0.15) is 5.82 Å².